The van der Waals surface area contributed by atoms with Crippen LogP contribution in [0.2, 0.25) is 0 Å². The van der Waals surface area contributed by atoms with E-state index in [1.165, 1.54) is 0 Å². The lowest BCUT2D eigenvalue weighted by Crippen LogP contribution is -2.42. The molecule has 5 nitrogen and oxygen atoms in total. The quantitative estimate of drug-likeness (QED) is 0.869. The molecule has 0 radical (unpaired) electrons. The Morgan fingerprint density at radius 2 is 1.96 bits per heavy atom. The Morgan fingerprint density at radius 3 is 2.71 bits per heavy atom. The van der Waals surface area contributed by atoms with Crippen LogP contribution in [0, 0.1) is 12.8 Å². The summed E-state index contributed by atoms with van der Waals surface area (Å²) in [5.41, 5.74) is 2.99. The zero-order chi connectivity index (χ0) is 16.5. The van der Waals surface area contributed by atoms with E-state index in [0.29, 0.717) is 25.6 Å². The van der Waals surface area contributed by atoms with Crippen LogP contribution in [-0.4, -0.2) is 43.4 Å². The van der Waals surface area contributed by atoms with Gasteiger partial charge in [-0.05, 0) is 31.4 Å². The Hall–Kier alpha value is -1.85. The van der Waals surface area contributed by atoms with Crippen LogP contribution in [0.15, 0.2) is 28.9 Å². The smallest absolute Gasteiger partial charge is 0.227 e. The number of hydrogen-bond acceptors (Lipinski definition) is 4. The molecule has 2 saturated heterocycles. The third kappa shape index (κ3) is 3.06. The van der Waals surface area contributed by atoms with E-state index in [1.807, 2.05) is 24.0 Å². The Bertz CT molecular complexity index is 724. The SMILES string of the molecule is Cc1ccc2c(CC(=O)N3CCC(C4OCCO4)CC3)coc2c1. The number of fused-ring (bicyclic) bond motifs is 1. The summed E-state index contributed by atoms with van der Waals surface area (Å²) in [7, 11) is 0. The van der Waals surface area contributed by atoms with Crippen molar-refractivity contribution in [3.63, 3.8) is 0 Å². The summed E-state index contributed by atoms with van der Waals surface area (Å²) in [6.07, 6.45) is 3.94. The molecule has 1 amide bonds. The molecule has 0 atom stereocenters. The number of carbonyl (C=O) groups is 1. The van der Waals surface area contributed by atoms with Gasteiger partial charge in [-0.3, -0.25) is 4.79 Å². The molecule has 2 aromatic rings. The first-order chi connectivity index (χ1) is 11.7. The fraction of sp³-hybridized carbons (Fsp3) is 0.526. The van der Waals surface area contributed by atoms with Gasteiger partial charge in [0.2, 0.25) is 5.91 Å². The third-order valence-corrected chi connectivity index (χ3v) is 5.08. The molecule has 0 bridgehead atoms. The Labute approximate surface area is 141 Å². The van der Waals surface area contributed by atoms with Gasteiger partial charge >= 0.3 is 0 Å². The molecular weight excluding hydrogens is 306 g/mol. The standard InChI is InChI=1S/C19H23NO4/c1-13-2-3-16-15(12-24-17(16)10-13)11-18(21)20-6-4-14(5-7-20)19-22-8-9-23-19/h2-3,10,12,14,19H,4-9,11H2,1H3. The van der Waals surface area contributed by atoms with Gasteiger partial charge in [0.05, 0.1) is 25.9 Å². The van der Waals surface area contributed by atoms with Crippen molar-refractivity contribution in [1.29, 1.82) is 0 Å². The van der Waals surface area contributed by atoms with Gasteiger partial charge in [-0.15, -0.1) is 0 Å². The lowest BCUT2D eigenvalue weighted by atomic mass is 9.95. The van der Waals surface area contributed by atoms with E-state index in [4.69, 9.17) is 13.9 Å². The van der Waals surface area contributed by atoms with E-state index in [2.05, 4.69) is 6.07 Å². The largest absolute Gasteiger partial charge is 0.464 e. The molecule has 2 aliphatic heterocycles. The van der Waals surface area contributed by atoms with Crippen molar-refractivity contribution in [3.05, 3.63) is 35.6 Å². The van der Waals surface area contributed by atoms with Gasteiger partial charge in [-0.2, -0.15) is 0 Å². The number of hydrogen-bond donors (Lipinski definition) is 0. The summed E-state index contributed by atoms with van der Waals surface area (Å²) in [5, 5.41) is 1.04. The normalized spacial score (nSPS) is 20.1. The van der Waals surface area contributed by atoms with Gasteiger partial charge in [0, 0.05) is 30.0 Å². The van der Waals surface area contributed by atoms with Crippen LogP contribution in [0.25, 0.3) is 11.0 Å². The van der Waals surface area contributed by atoms with E-state index in [1.54, 1.807) is 6.26 Å². The molecule has 1 aromatic carbocycles. The Morgan fingerprint density at radius 1 is 1.21 bits per heavy atom. The van der Waals surface area contributed by atoms with Gasteiger partial charge in [-0.1, -0.05) is 12.1 Å². The number of benzene rings is 1. The van der Waals surface area contributed by atoms with Crippen molar-refractivity contribution in [2.24, 2.45) is 5.92 Å². The molecule has 5 heteroatoms. The molecule has 4 rings (SSSR count). The zero-order valence-corrected chi connectivity index (χ0v) is 14.0. The zero-order valence-electron chi connectivity index (χ0n) is 14.0. The number of piperidine rings is 1. The minimum Gasteiger partial charge on any atom is -0.464 e. The Kier molecular flexibility index (Phi) is 4.29. The fourth-order valence-electron chi connectivity index (χ4n) is 3.67. The summed E-state index contributed by atoms with van der Waals surface area (Å²) in [4.78, 5) is 14.6. The van der Waals surface area contributed by atoms with Crippen molar-refractivity contribution < 1.29 is 18.7 Å². The minimum atomic E-state index is -0.0664. The van der Waals surface area contributed by atoms with Gasteiger partial charge in [0.15, 0.2) is 6.29 Å². The molecule has 0 unspecified atom stereocenters. The predicted octanol–water partition coefficient (Wildman–Crippen LogP) is 2.90. The van der Waals surface area contributed by atoms with Crippen molar-refractivity contribution in [1.82, 2.24) is 4.90 Å². The van der Waals surface area contributed by atoms with Crippen molar-refractivity contribution >= 4 is 16.9 Å². The predicted molar refractivity (Wildman–Crippen MR) is 89.7 cm³/mol. The maximum Gasteiger partial charge on any atom is 0.227 e. The topological polar surface area (TPSA) is 51.9 Å². The number of amides is 1. The average molecular weight is 329 g/mol. The highest BCUT2D eigenvalue weighted by atomic mass is 16.7. The van der Waals surface area contributed by atoms with Crippen LogP contribution in [0.3, 0.4) is 0 Å². The second-order valence-corrected chi connectivity index (χ2v) is 6.77. The number of carbonyl (C=O) groups excluding carboxylic acids is 1. The van der Waals surface area contributed by atoms with Crippen LogP contribution in [-0.2, 0) is 20.7 Å². The van der Waals surface area contributed by atoms with Crippen LogP contribution in [0.5, 0.6) is 0 Å². The average Bonchev–Trinajstić information content (AvgIpc) is 3.25. The molecule has 24 heavy (non-hydrogen) atoms. The lowest BCUT2D eigenvalue weighted by molar-refractivity contribution is -0.136. The van der Waals surface area contributed by atoms with Crippen LogP contribution in [0.1, 0.15) is 24.0 Å². The number of aryl methyl sites for hydroxylation is 1. The highest BCUT2D eigenvalue weighted by molar-refractivity contribution is 5.88. The maximum absolute atomic E-state index is 12.6. The van der Waals surface area contributed by atoms with E-state index >= 15 is 0 Å². The number of furan rings is 1. The summed E-state index contributed by atoms with van der Waals surface area (Å²) < 4.78 is 16.8. The van der Waals surface area contributed by atoms with Crippen LogP contribution < -0.4 is 0 Å². The molecular formula is C19H23NO4. The molecule has 3 heterocycles. The molecule has 0 spiro atoms. The fourth-order valence-corrected chi connectivity index (χ4v) is 3.67. The van der Waals surface area contributed by atoms with Crippen molar-refractivity contribution in [2.45, 2.75) is 32.5 Å². The van der Waals surface area contributed by atoms with Gasteiger partial charge in [-0.25, -0.2) is 0 Å². The van der Waals surface area contributed by atoms with Crippen LogP contribution >= 0.6 is 0 Å². The van der Waals surface area contributed by atoms with Gasteiger partial charge < -0.3 is 18.8 Å². The monoisotopic (exact) mass is 329 g/mol. The van der Waals surface area contributed by atoms with Crippen LogP contribution in [0.4, 0.5) is 0 Å². The first kappa shape index (κ1) is 15.7. The summed E-state index contributed by atoms with van der Waals surface area (Å²) in [5.74, 6) is 0.583. The van der Waals surface area contributed by atoms with Gasteiger partial charge in [0.1, 0.15) is 5.58 Å². The van der Waals surface area contributed by atoms with Gasteiger partial charge in [0.25, 0.3) is 0 Å². The van der Waals surface area contributed by atoms with E-state index in [0.717, 1.165) is 48.0 Å². The molecule has 2 fully saturated rings. The summed E-state index contributed by atoms with van der Waals surface area (Å²) in [6, 6.07) is 6.10. The number of ether oxygens (including phenoxy) is 2. The maximum atomic E-state index is 12.6. The highest BCUT2D eigenvalue weighted by Crippen LogP contribution is 2.27. The molecule has 0 aliphatic carbocycles. The third-order valence-electron chi connectivity index (χ3n) is 5.08. The molecule has 1 aromatic heterocycles. The number of nitrogens with zero attached hydrogens (tertiary/aromatic N) is 1. The molecule has 2 aliphatic rings. The summed E-state index contributed by atoms with van der Waals surface area (Å²) >= 11 is 0. The highest BCUT2D eigenvalue weighted by Gasteiger charge is 2.31. The van der Waals surface area contributed by atoms with E-state index in [-0.39, 0.29) is 12.2 Å². The first-order valence-electron chi connectivity index (χ1n) is 8.68. The summed E-state index contributed by atoms with van der Waals surface area (Å²) in [6.45, 7) is 4.98. The van der Waals surface area contributed by atoms with E-state index in [9.17, 15) is 4.79 Å². The first-order valence-corrected chi connectivity index (χ1v) is 8.68. The van der Waals surface area contributed by atoms with Crippen molar-refractivity contribution in [3.8, 4) is 0 Å². The molecule has 0 saturated carbocycles. The number of likely N-dealkylation sites (tertiary alicyclic amines) is 1. The minimum absolute atomic E-state index is 0.0664. The van der Waals surface area contributed by atoms with Crippen molar-refractivity contribution in [2.75, 3.05) is 26.3 Å². The second-order valence-electron chi connectivity index (χ2n) is 6.77. The molecule has 0 N–H and O–H groups in total. The Balaban J connectivity index is 1.37. The second kappa shape index (κ2) is 6.57. The molecule has 128 valence electrons. The lowest BCUT2D eigenvalue weighted by Gasteiger charge is -2.33. The van der Waals surface area contributed by atoms with E-state index < -0.39 is 0 Å². The number of rotatable bonds is 3.